The van der Waals surface area contributed by atoms with Crippen LogP contribution in [0.2, 0.25) is 0 Å². The van der Waals surface area contributed by atoms with Gasteiger partial charge in [0.15, 0.2) is 0 Å². The van der Waals surface area contributed by atoms with Crippen LogP contribution in [0, 0.1) is 0 Å². The summed E-state index contributed by atoms with van der Waals surface area (Å²) in [5.41, 5.74) is 0.958. The lowest BCUT2D eigenvalue weighted by Gasteiger charge is -2.17. The largest absolute Gasteiger partial charge is 0.387 e. The average molecular weight is 182 g/mol. The molecule has 2 atom stereocenters. The van der Waals surface area contributed by atoms with Crippen molar-refractivity contribution < 1.29 is 5.11 Å². The van der Waals surface area contributed by atoms with Gasteiger partial charge >= 0.3 is 0 Å². The Kier molecular flexibility index (Phi) is 5.30. The van der Waals surface area contributed by atoms with E-state index in [-0.39, 0.29) is 12.2 Å². The van der Waals surface area contributed by atoms with Crippen LogP contribution in [0.15, 0.2) is 30.3 Å². The molecular weight excluding hydrogens is 164 g/mol. The molecule has 74 valence electrons. The summed E-state index contributed by atoms with van der Waals surface area (Å²) in [7, 11) is 1.84. The van der Waals surface area contributed by atoms with E-state index in [0.717, 1.165) is 5.56 Å². The third kappa shape index (κ3) is 3.14. The standard InChI is InChI=1S/C10H15NO.H3N/c1-8(11-2)10(12)9-6-4-3-5-7-9;/h3-8,10-12H,1-2H3;1H3/t8-,10+;/m0./s1. The van der Waals surface area contributed by atoms with E-state index in [0.29, 0.717) is 0 Å². The molecule has 0 spiro atoms. The van der Waals surface area contributed by atoms with E-state index in [1.54, 1.807) is 0 Å². The Morgan fingerprint density at radius 2 is 1.77 bits per heavy atom. The Morgan fingerprint density at radius 3 is 2.23 bits per heavy atom. The first kappa shape index (κ1) is 12.1. The number of benzene rings is 1. The molecule has 0 amide bonds. The van der Waals surface area contributed by atoms with Gasteiger partial charge in [0.25, 0.3) is 0 Å². The minimum Gasteiger partial charge on any atom is -0.387 e. The number of hydrogen-bond donors (Lipinski definition) is 3. The number of aliphatic hydroxyl groups is 1. The molecule has 1 aromatic carbocycles. The van der Waals surface area contributed by atoms with Crippen molar-refractivity contribution in [3.05, 3.63) is 35.9 Å². The van der Waals surface area contributed by atoms with Gasteiger partial charge in [0, 0.05) is 6.04 Å². The molecule has 0 aliphatic heterocycles. The van der Waals surface area contributed by atoms with E-state index in [1.807, 2.05) is 44.3 Å². The second-order valence-corrected chi connectivity index (χ2v) is 2.93. The molecular formula is C10H18N2O. The van der Waals surface area contributed by atoms with Crippen molar-refractivity contribution in [1.29, 1.82) is 0 Å². The molecule has 0 radical (unpaired) electrons. The molecule has 3 nitrogen and oxygen atoms in total. The van der Waals surface area contributed by atoms with Gasteiger partial charge in [-0.15, -0.1) is 0 Å². The number of likely N-dealkylation sites (N-methyl/N-ethyl adjacent to an activating group) is 1. The van der Waals surface area contributed by atoms with Crippen molar-refractivity contribution in [3.8, 4) is 0 Å². The van der Waals surface area contributed by atoms with E-state index < -0.39 is 6.10 Å². The molecule has 0 saturated heterocycles. The SMILES string of the molecule is CN[C@@H](C)[C@@H](O)c1ccccc1.N. The Balaban J connectivity index is 0.00000144. The predicted octanol–water partition coefficient (Wildman–Crippen LogP) is 1.49. The molecule has 0 aliphatic rings. The fraction of sp³-hybridized carbons (Fsp3) is 0.400. The van der Waals surface area contributed by atoms with Crippen LogP contribution in [0.4, 0.5) is 0 Å². The van der Waals surface area contributed by atoms with Gasteiger partial charge in [-0.3, -0.25) is 0 Å². The second-order valence-electron chi connectivity index (χ2n) is 2.93. The molecule has 5 N–H and O–H groups in total. The van der Waals surface area contributed by atoms with Crippen molar-refractivity contribution in [1.82, 2.24) is 11.5 Å². The van der Waals surface area contributed by atoms with E-state index in [9.17, 15) is 5.11 Å². The molecule has 3 heteroatoms. The lowest BCUT2D eigenvalue weighted by molar-refractivity contribution is 0.140. The molecule has 13 heavy (non-hydrogen) atoms. The Labute approximate surface area is 79.4 Å². The molecule has 1 rings (SSSR count). The fourth-order valence-corrected chi connectivity index (χ4v) is 1.10. The lowest BCUT2D eigenvalue weighted by atomic mass is 10.0. The molecule has 0 saturated carbocycles. The smallest absolute Gasteiger partial charge is 0.0940 e. The molecule has 1 aromatic rings. The Morgan fingerprint density at radius 1 is 1.23 bits per heavy atom. The van der Waals surface area contributed by atoms with Crippen LogP contribution in [-0.4, -0.2) is 18.2 Å². The van der Waals surface area contributed by atoms with Crippen LogP contribution in [0.5, 0.6) is 0 Å². The third-order valence-corrected chi connectivity index (χ3v) is 2.07. The normalized spacial score (nSPS) is 14.4. The van der Waals surface area contributed by atoms with Gasteiger partial charge in [-0.2, -0.15) is 0 Å². The zero-order valence-electron chi connectivity index (χ0n) is 8.20. The van der Waals surface area contributed by atoms with Crippen LogP contribution in [0.3, 0.4) is 0 Å². The summed E-state index contributed by atoms with van der Waals surface area (Å²) in [5.74, 6) is 0. The summed E-state index contributed by atoms with van der Waals surface area (Å²) < 4.78 is 0. The molecule has 0 heterocycles. The van der Waals surface area contributed by atoms with E-state index in [2.05, 4.69) is 5.32 Å². The molecule has 0 aliphatic carbocycles. The Hall–Kier alpha value is -0.900. The van der Waals surface area contributed by atoms with Crippen molar-refractivity contribution in [2.45, 2.75) is 19.1 Å². The van der Waals surface area contributed by atoms with Crippen LogP contribution < -0.4 is 11.5 Å². The van der Waals surface area contributed by atoms with Crippen molar-refractivity contribution >= 4 is 0 Å². The maximum Gasteiger partial charge on any atom is 0.0940 e. The summed E-state index contributed by atoms with van der Waals surface area (Å²) in [5, 5.41) is 12.7. The summed E-state index contributed by atoms with van der Waals surface area (Å²) in [6, 6.07) is 9.76. The number of hydrogen-bond acceptors (Lipinski definition) is 3. The van der Waals surface area contributed by atoms with Crippen LogP contribution >= 0.6 is 0 Å². The summed E-state index contributed by atoms with van der Waals surface area (Å²) in [6.45, 7) is 1.96. The Bertz CT molecular complexity index is 226. The molecule has 0 fully saturated rings. The first-order valence-corrected chi connectivity index (χ1v) is 4.16. The monoisotopic (exact) mass is 182 g/mol. The minimum absolute atomic E-state index is 0. The molecule has 0 unspecified atom stereocenters. The van der Waals surface area contributed by atoms with Gasteiger partial charge in [-0.25, -0.2) is 0 Å². The van der Waals surface area contributed by atoms with Gasteiger partial charge in [0.2, 0.25) is 0 Å². The van der Waals surface area contributed by atoms with Gasteiger partial charge in [-0.1, -0.05) is 30.3 Å². The zero-order valence-corrected chi connectivity index (χ0v) is 8.20. The summed E-state index contributed by atoms with van der Waals surface area (Å²) >= 11 is 0. The van der Waals surface area contributed by atoms with Crippen LogP contribution in [0.1, 0.15) is 18.6 Å². The van der Waals surface area contributed by atoms with E-state index in [1.165, 1.54) is 0 Å². The van der Waals surface area contributed by atoms with Crippen molar-refractivity contribution in [2.24, 2.45) is 0 Å². The highest BCUT2D eigenvalue weighted by Crippen LogP contribution is 2.15. The molecule has 0 aromatic heterocycles. The van der Waals surface area contributed by atoms with Gasteiger partial charge < -0.3 is 16.6 Å². The molecule has 0 bridgehead atoms. The maximum absolute atomic E-state index is 9.73. The van der Waals surface area contributed by atoms with Gasteiger partial charge in [-0.05, 0) is 19.5 Å². The first-order valence-electron chi connectivity index (χ1n) is 4.16. The second kappa shape index (κ2) is 5.70. The number of rotatable bonds is 3. The quantitative estimate of drug-likeness (QED) is 0.663. The van der Waals surface area contributed by atoms with Crippen molar-refractivity contribution in [3.63, 3.8) is 0 Å². The minimum atomic E-state index is -0.420. The van der Waals surface area contributed by atoms with E-state index in [4.69, 9.17) is 0 Å². The van der Waals surface area contributed by atoms with Crippen LogP contribution in [0.25, 0.3) is 0 Å². The third-order valence-electron chi connectivity index (χ3n) is 2.07. The first-order chi connectivity index (χ1) is 5.75. The van der Waals surface area contributed by atoms with Gasteiger partial charge in [0.1, 0.15) is 0 Å². The fourth-order valence-electron chi connectivity index (χ4n) is 1.10. The zero-order chi connectivity index (χ0) is 8.97. The number of aliphatic hydroxyl groups excluding tert-OH is 1. The maximum atomic E-state index is 9.73. The van der Waals surface area contributed by atoms with Crippen molar-refractivity contribution in [2.75, 3.05) is 7.05 Å². The highest BCUT2D eigenvalue weighted by atomic mass is 16.3. The number of nitrogens with one attached hydrogen (secondary N) is 1. The van der Waals surface area contributed by atoms with E-state index >= 15 is 0 Å². The van der Waals surface area contributed by atoms with Gasteiger partial charge in [0.05, 0.1) is 6.10 Å². The summed E-state index contributed by atoms with van der Waals surface area (Å²) in [6.07, 6.45) is -0.420. The lowest BCUT2D eigenvalue weighted by Crippen LogP contribution is -2.28. The highest BCUT2D eigenvalue weighted by Gasteiger charge is 2.12. The predicted molar refractivity (Wildman–Crippen MR) is 54.9 cm³/mol. The summed E-state index contributed by atoms with van der Waals surface area (Å²) in [4.78, 5) is 0. The average Bonchev–Trinajstić information content (AvgIpc) is 2.17. The van der Waals surface area contributed by atoms with Crippen LogP contribution in [-0.2, 0) is 0 Å². The topological polar surface area (TPSA) is 67.3 Å². The highest BCUT2D eigenvalue weighted by molar-refractivity contribution is 5.18.